The maximum absolute atomic E-state index is 12.2. The van der Waals surface area contributed by atoms with Gasteiger partial charge in [-0.05, 0) is 46.8 Å². The first-order valence-corrected chi connectivity index (χ1v) is 8.05. The minimum absolute atomic E-state index is 0.0760. The second kappa shape index (κ2) is 5.08. The van der Waals surface area contributed by atoms with Crippen molar-refractivity contribution in [1.29, 1.82) is 0 Å². The van der Waals surface area contributed by atoms with Gasteiger partial charge >= 0.3 is 0 Å². The summed E-state index contributed by atoms with van der Waals surface area (Å²) in [6.45, 7) is 2.10. The van der Waals surface area contributed by atoms with E-state index in [-0.39, 0.29) is 6.04 Å². The van der Waals surface area contributed by atoms with Crippen LogP contribution in [0, 0.1) is 5.92 Å². The molecule has 1 N–H and O–H groups in total. The standard InChI is InChI=1S/C12H16BrNO2S/c1-9-5-4-7-11(9)14-17(15,16)12-8-3-2-6-10(12)13/h2-3,6,8-9,11,14H,4-5,7H2,1H3. The van der Waals surface area contributed by atoms with Gasteiger partial charge in [0.05, 0.1) is 4.90 Å². The normalized spacial score (nSPS) is 25.1. The van der Waals surface area contributed by atoms with Crippen molar-refractivity contribution in [1.82, 2.24) is 4.72 Å². The van der Waals surface area contributed by atoms with Gasteiger partial charge in [0.25, 0.3) is 0 Å². The van der Waals surface area contributed by atoms with Gasteiger partial charge in [0, 0.05) is 10.5 Å². The molecule has 1 saturated carbocycles. The van der Waals surface area contributed by atoms with E-state index in [0.29, 0.717) is 15.3 Å². The maximum Gasteiger partial charge on any atom is 0.241 e. The molecule has 0 saturated heterocycles. The molecule has 5 heteroatoms. The van der Waals surface area contributed by atoms with Crippen molar-refractivity contribution in [2.24, 2.45) is 5.92 Å². The highest BCUT2D eigenvalue weighted by Crippen LogP contribution is 2.28. The van der Waals surface area contributed by atoms with E-state index in [0.717, 1.165) is 19.3 Å². The average molecular weight is 318 g/mol. The van der Waals surface area contributed by atoms with E-state index in [9.17, 15) is 8.42 Å². The minimum Gasteiger partial charge on any atom is -0.208 e. The number of hydrogen-bond acceptors (Lipinski definition) is 2. The number of sulfonamides is 1. The molecule has 0 radical (unpaired) electrons. The van der Waals surface area contributed by atoms with Crippen molar-refractivity contribution in [3.63, 3.8) is 0 Å². The first-order chi connectivity index (χ1) is 8.00. The summed E-state index contributed by atoms with van der Waals surface area (Å²) in [5, 5.41) is 0. The predicted molar refractivity (Wildman–Crippen MR) is 71.3 cm³/mol. The molecule has 0 bridgehead atoms. The SMILES string of the molecule is CC1CCCC1NS(=O)(=O)c1ccccc1Br. The Morgan fingerprint density at radius 3 is 2.59 bits per heavy atom. The van der Waals surface area contributed by atoms with Crippen LogP contribution in [0.2, 0.25) is 0 Å². The van der Waals surface area contributed by atoms with Gasteiger partial charge in [-0.15, -0.1) is 0 Å². The first kappa shape index (κ1) is 13.1. The fraction of sp³-hybridized carbons (Fsp3) is 0.500. The molecule has 1 aliphatic carbocycles. The molecule has 2 rings (SSSR count). The molecule has 0 aromatic heterocycles. The van der Waals surface area contributed by atoms with E-state index in [1.165, 1.54) is 0 Å². The van der Waals surface area contributed by atoms with Crippen molar-refractivity contribution in [2.45, 2.75) is 37.1 Å². The van der Waals surface area contributed by atoms with Crippen molar-refractivity contribution in [3.8, 4) is 0 Å². The Labute approximate surface area is 111 Å². The van der Waals surface area contributed by atoms with Crippen LogP contribution in [0.25, 0.3) is 0 Å². The Balaban J connectivity index is 2.22. The second-order valence-electron chi connectivity index (χ2n) is 4.57. The van der Waals surface area contributed by atoms with Gasteiger partial charge in [-0.25, -0.2) is 13.1 Å². The summed E-state index contributed by atoms with van der Waals surface area (Å²) < 4.78 is 27.8. The molecule has 0 aliphatic heterocycles. The molecule has 1 aromatic carbocycles. The maximum atomic E-state index is 12.2. The van der Waals surface area contributed by atoms with Crippen LogP contribution in [0.5, 0.6) is 0 Å². The molecule has 0 amide bonds. The lowest BCUT2D eigenvalue weighted by molar-refractivity contribution is 0.476. The highest BCUT2D eigenvalue weighted by atomic mass is 79.9. The van der Waals surface area contributed by atoms with Gasteiger partial charge in [0.15, 0.2) is 0 Å². The summed E-state index contributed by atoms with van der Waals surface area (Å²) in [6.07, 6.45) is 3.14. The Kier molecular flexibility index (Phi) is 3.90. The summed E-state index contributed by atoms with van der Waals surface area (Å²) in [6, 6.07) is 6.98. The van der Waals surface area contributed by atoms with Gasteiger partial charge < -0.3 is 0 Å². The Bertz CT molecular complexity index is 501. The second-order valence-corrected chi connectivity index (χ2v) is 7.10. The summed E-state index contributed by atoms with van der Waals surface area (Å²) in [7, 11) is -3.40. The molecule has 1 aromatic rings. The lowest BCUT2D eigenvalue weighted by Gasteiger charge is -2.17. The van der Waals surface area contributed by atoms with E-state index < -0.39 is 10.0 Å². The van der Waals surface area contributed by atoms with Crippen LogP contribution in [0.3, 0.4) is 0 Å². The molecule has 0 heterocycles. The molecular weight excluding hydrogens is 302 g/mol. The monoisotopic (exact) mass is 317 g/mol. The van der Waals surface area contributed by atoms with Crippen LogP contribution in [0.15, 0.2) is 33.6 Å². The van der Waals surface area contributed by atoms with Crippen LogP contribution in [0.4, 0.5) is 0 Å². The van der Waals surface area contributed by atoms with Gasteiger partial charge in [-0.3, -0.25) is 0 Å². The molecule has 1 fully saturated rings. The molecule has 3 nitrogen and oxygen atoms in total. The predicted octanol–water partition coefficient (Wildman–Crippen LogP) is 2.92. The first-order valence-electron chi connectivity index (χ1n) is 5.77. The zero-order valence-corrected chi connectivity index (χ0v) is 12.1. The number of hydrogen-bond donors (Lipinski definition) is 1. The van der Waals surface area contributed by atoms with Gasteiger partial charge in [-0.1, -0.05) is 25.5 Å². The van der Waals surface area contributed by atoms with Crippen molar-refractivity contribution in [2.75, 3.05) is 0 Å². The van der Waals surface area contributed by atoms with Crippen LogP contribution in [-0.4, -0.2) is 14.5 Å². The molecule has 94 valence electrons. The Hall–Kier alpha value is -0.390. The number of nitrogens with one attached hydrogen (secondary N) is 1. The van der Waals surface area contributed by atoms with Gasteiger partial charge in [0.2, 0.25) is 10.0 Å². The zero-order chi connectivity index (χ0) is 12.5. The molecular formula is C12H16BrNO2S. The summed E-state index contributed by atoms with van der Waals surface area (Å²) in [5.41, 5.74) is 0. The van der Waals surface area contributed by atoms with E-state index in [4.69, 9.17) is 0 Å². The minimum atomic E-state index is -3.40. The molecule has 2 unspecified atom stereocenters. The highest BCUT2D eigenvalue weighted by molar-refractivity contribution is 9.10. The molecule has 0 spiro atoms. The van der Waals surface area contributed by atoms with E-state index >= 15 is 0 Å². The fourth-order valence-corrected chi connectivity index (χ4v) is 4.63. The number of rotatable bonds is 3. The third kappa shape index (κ3) is 2.89. The van der Waals surface area contributed by atoms with Crippen molar-refractivity contribution < 1.29 is 8.42 Å². The summed E-state index contributed by atoms with van der Waals surface area (Å²) in [5.74, 6) is 0.423. The molecule has 1 aliphatic rings. The van der Waals surface area contributed by atoms with E-state index in [2.05, 4.69) is 27.6 Å². The Morgan fingerprint density at radius 2 is 2.00 bits per heavy atom. The summed E-state index contributed by atoms with van der Waals surface area (Å²) in [4.78, 5) is 0.319. The van der Waals surface area contributed by atoms with Crippen LogP contribution >= 0.6 is 15.9 Å². The van der Waals surface area contributed by atoms with Crippen LogP contribution in [0.1, 0.15) is 26.2 Å². The number of benzene rings is 1. The van der Waals surface area contributed by atoms with Crippen LogP contribution < -0.4 is 4.72 Å². The van der Waals surface area contributed by atoms with Crippen molar-refractivity contribution in [3.05, 3.63) is 28.7 Å². The fourth-order valence-electron chi connectivity index (χ4n) is 2.25. The molecule has 17 heavy (non-hydrogen) atoms. The van der Waals surface area contributed by atoms with Gasteiger partial charge in [0.1, 0.15) is 0 Å². The Morgan fingerprint density at radius 1 is 1.29 bits per heavy atom. The lowest BCUT2D eigenvalue weighted by Crippen LogP contribution is -2.36. The average Bonchev–Trinajstić information content (AvgIpc) is 2.64. The van der Waals surface area contributed by atoms with E-state index in [1.54, 1.807) is 24.3 Å². The summed E-state index contributed by atoms with van der Waals surface area (Å²) >= 11 is 3.28. The topological polar surface area (TPSA) is 46.2 Å². The largest absolute Gasteiger partial charge is 0.241 e. The highest BCUT2D eigenvalue weighted by Gasteiger charge is 2.28. The lowest BCUT2D eigenvalue weighted by atomic mass is 10.1. The zero-order valence-electron chi connectivity index (χ0n) is 9.69. The molecule has 2 atom stereocenters. The number of halogens is 1. The third-order valence-corrected chi connectivity index (χ3v) is 5.80. The third-order valence-electron chi connectivity index (χ3n) is 3.29. The van der Waals surface area contributed by atoms with Crippen LogP contribution in [-0.2, 0) is 10.0 Å². The quantitative estimate of drug-likeness (QED) is 0.931. The van der Waals surface area contributed by atoms with Gasteiger partial charge in [-0.2, -0.15) is 0 Å². The smallest absolute Gasteiger partial charge is 0.208 e. The van der Waals surface area contributed by atoms with E-state index in [1.807, 2.05) is 0 Å². The van der Waals surface area contributed by atoms with Crippen molar-refractivity contribution >= 4 is 26.0 Å².